The van der Waals surface area contributed by atoms with E-state index in [4.69, 9.17) is 4.52 Å². The average molecular weight is 416 g/mol. The van der Waals surface area contributed by atoms with E-state index in [-0.39, 0.29) is 18.1 Å². The molecule has 0 atom stereocenters. The molecular weight excluding hydrogens is 400 g/mol. The second-order valence-electron chi connectivity index (χ2n) is 6.48. The molecule has 2 aromatic heterocycles. The molecule has 0 aliphatic heterocycles. The molecule has 0 radical (unpaired) electrons. The summed E-state index contributed by atoms with van der Waals surface area (Å²) in [7, 11) is 0. The van der Waals surface area contributed by atoms with Gasteiger partial charge in [0, 0.05) is 17.3 Å². The van der Waals surface area contributed by atoms with Crippen LogP contribution in [-0.2, 0) is 11.3 Å². The van der Waals surface area contributed by atoms with Crippen molar-refractivity contribution in [3.63, 3.8) is 0 Å². The van der Waals surface area contributed by atoms with Gasteiger partial charge in [-0.2, -0.15) is 10.1 Å². The van der Waals surface area contributed by atoms with Crippen molar-refractivity contribution in [1.82, 2.24) is 19.9 Å². The fraction of sp³-hybridized carbons (Fsp3) is 0.0476. The second kappa shape index (κ2) is 8.82. The van der Waals surface area contributed by atoms with Crippen molar-refractivity contribution in [3.8, 4) is 11.4 Å². The first kappa shape index (κ1) is 19.7. The Bertz CT molecular complexity index is 1230. The number of hydrogen-bond donors (Lipinski definition) is 1. The molecule has 0 unspecified atom stereocenters. The van der Waals surface area contributed by atoms with Crippen LogP contribution in [0.1, 0.15) is 11.5 Å². The number of nitro groups is 1. The third-order valence-corrected chi connectivity index (χ3v) is 4.22. The number of rotatable bonds is 7. The lowest BCUT2D eigenvalue weighted by atomic mass is 10.2. The summed E-state index contributed by atoms with van der Waals surface area (Å²) in [5.74, 6) is 0.442. The van der Waals surface area contributed by atoms with Crippen LogP contribution < -0.4 is 5.32 Å². The van der Waals surface area contributed by atoms with Gasteiger partial charge in [-0.3, -0.25) is 19.6 Å². The molecule has 0 spiro atoms. The molecule has 1 N–H and O–H groups in total. The third kappa shape index (κ3) is 5.07. The first-order chi connectivity index (χ1) is 15.1. The van der Waals surface area contributed by atoms with E-state index >= 15 is 0 Å². The summed E-state index contributed by atoms with van der Waals surface area (Å²) in [6, 6.07) is 16.7. The van der Waals surface area contributed by atoms with Crippen LogP contribution in [0.2, 0.25) is 0 Å². The summed E-state index contributed by atoms with van der Waals surface area (Å²) in [5, 5.41) is 21.1. The van der Waals surface area contributed by atoms with Gasteiger partial charge in [-0.15, -0.1) is 0 Å². The smallest absolute Gasteiger partial charge is 0.307 e. The SMILES string of the molecule is O=C(Cn1cc([N+](=O)[O-])cn1)Nc1ccc(-c2noc(/C=C/c3ccccc3)n2)cc1. The molecule has 31 heavy (non-hydrogen) atoms. The second-order valence-corrected chi connectivity index (χ2v) is 6.48. The quantitative estimate of drug-likeness (QED) is 0.359. The zero-order valence-electron chi connectivity index (χ0n) is 16.1. The maximum atomic E-state index is 12.1. The highest BCUT2D eigenvalue weighted by Crippen LogP contribution is 2.19. The van der Waals surface area contributed by atoms with E-state index in [9.17, 15) is 14.9 Å². The van der Waals surface area contributed by atoms with Crippen molar-refractivity contribution < 1.29 is 14.2 Å². The molecular formula is C21H16N6O4. The first-order valence-electron chi connectivity index (χ1n) is 9.21. The molecule has 2 aromatic carbocycles. The normalized spacial score (nSPS) is 11.0. The van der Waals surface area contributed by atoms with Crippen LogP contribution in [0.5, 0.6) is 0 Å². The van der Waals surface area contributed by atoms with E-state index in [0.717, 1.165) is 17.3 Å². The molecule has 4 aromatic rings. The number of carbonyl (C=O) groups excluding carboxylic acids is 1. The lowest BCUT2D eigenvalue weighted by Crippen LogP contribution is -2.18. The summed E-state index contributed by atoms with van der Waals surface area (Å²) in [6.45, 7) is -0.141. The molecule has 0 aliphatic rings. The Kier molecular flexibility index (Phi) is 5.61. The molecule has 0 saturated carbocycles. The monoisotopic (exact) mass is 416 g/mol. The average Bonchev–Trinajstić information content (AvgIpc) is 3.43. The lowest BCUT2D eigenvalue weighted by molar-refractivity contribution is -0.385. The Labute approximate surface area is 176 Å². The molecule has 4 rings (SSSR count). The molecule has 10 heteroatoms. The maximum Gasteiger partial charge on any atom is 0.307 e. The highest BCUT2D eigenvalue weighted by atomic mass is 16.6. The van der Waals surface area contributed by atoms with Crippen LogP contribution in [0.3, 0.4) is 0 Å². The summed E-state index contributed by atoms with van der Waals surface area (Å²) < 4.78 is 6.45. The van der Waals surface area contributed by atoms with Crippen LogP contribution in [0, 0.1) is 10.1 Å². The van der Waals surface area contributed by atoms with Crippen molar-refractivity contribution in [2.75, 3.05) is 5.32 Å². The minimum atomic E-state index is -0.569. The Morgan fingerprint density at radius 2 is 1.90 bits per heavy atom. The standard InChI is InChI=1S/C21H16N6O4/c28-19(14-26-13-18(12-22-26)27(29)30)23-17-9-7-16(8-10-17)21-24-20(31-25-21)11-6-15-4-2-1-3-5-15/h1-13H,14H2,(H,23,28)/b11-6+. The van der Waals surface area contributed by atoms with E-state index in [1.807, 2.05) is 36.4 Å². The maximum absolute atomic E-state index is 12.1. The van der Waals surface area contributed by atoms with Gasteiger partial charge in [0.1, 0.15) is 18.9 Å². The van der Waals surface area contributed by atoms with Crippen molar-refractivity contribution in [1.29, 1.82) is 0 Å². The van der Waals surface area contributed by atoms with Crippen molar-refractivity contribution in [2.24, 2.45) is 0 Å². The lowest BCUT2D eigenvalue weighted by Gasteiger charge is -2.05. The zero-order chi connectivity index (χ0) is 21.6. The molecule has 154 valence electrons. The van der Waals surface area contributed by atoms with E-state index in [1.54, 1.807) is 30.3 Å². The number of carbonyl (C=O) groups is 1. The first-order valence-corrected chi connectivity index (χ1v) is 9.21. The van der Waals surface area contributed by atoms with Crippen molar-refractivity contribution in [3.05, 3.63) is 88.6 Å². The van der Waals surface area contributed by atoms with Crippen LogP contribution in [0.25, 0.3) is 23.5 Å². The predicted molar refractivity (Wildman–Crippen MR) is 113 cm³/mol. The van der Waals surface area contributed by atoms with Gasteiger partial charge >= 0.3 is 5.69 Å². The Balaban J connectivity index is 1.36. The fourth-order valence-electron chi connectivity index (χ4n) is 2.74. The molecule has 0 bridgehead atoms. The number of aromatic nitrogens is 4. The van der Waals surface area contributed by atoms with Gasteiger partial charge in [0.15, 0.2) is 0 Å². The Morgan fingerprint density at radius 1 is 1.13 bits per heavy atom. The molecule has 0 aliphatic carbocycles. The number of amides is 1. The van der Waals surface area contributed by atoms with Crippen LogP contribution in [0.4, 0.5) is 11.4 Å². The topological polar surface area (TPSA) is 129 Å². The zero-order valence-corrected chi connectivity index (χ0v) is 16.1. The largest absolute Gasteiger partial charge is 0.334 e. The van der Waals surface area contributed by atoms with Gasteiger partial charge in [-0.25, -0.2) is 0 Å². The van der Waals surface area contributed by atoms with Gasteiger partial charge in [0.2, 0.25) is 11.7 Å². The number of hydrogen-bond acceptors (Lipinski definition) is 7. The summed E-state index contributed by atoms with van der Waals surface area (Å²) in [5.41, 5.74) is 2.13. The van der Waals surface area contributed by atoms with E-state index in [2.05, 4.69) is 20.6 Å². The molecule has 0 saturated heterocycles. The Morgan fingerprint density at radius 3 is 2.61 bits per heavy atom. The number of nitrogens with zero attached hydrogens (tertiary/aromatic N) is 5. The highest BCUT2D eigenvalue weighted by molar-refractivity contribution is 5.90. The van der Waals surface area contributed by atoms with E-state index in [0.29, 0.717) is 17.4 Å². The Hall–Kier alpha value is -4.60. The van der Waals surface area contributed by atoms with Gasteiger partial charge in [-0.05, 0) is 35.9 Å². The molecule has 2 heterocycles. The molecule has 0 fully saturated rings. The predicted octanol–water partition coefficient (Wildman–Crippen LogP) is 3.65. The molecule has 1 amide bonds. The van der Waals surface area contributed by atoms with E-state index < -0.39 is 4.92 Å². The van der Waals surface area contributed by atoms with Gasteiger partial charge < -0.3 is 9.84 Å². The number of benzene rings is 2. The van der Waals surface area contributed by atoms with Crippen molar-refractivity contribution in [2.45, 2.75) is 6.54 Å². The van der Waals surface area contributed by atoms with Crippen LogP contribution >= 0.6 is 0 Å². The number of anilines is 1. The van der Waals surface area contributed by atoms with Gasteiger partial charge in [-0.1, -0.05) is 35.5 Å². The third-order valence-electron chi connectivity index (χ3n) is 4.22. The summed E-state index contributed by atoms with van der Waals surface area (Å²) in [4.78, 5) is 26.6. The van der Waals surface area contributed by atoms with Crippen LogP contribution in [-0.4, -0.2) is 30.8 Å². The number of nitrogens with one attached hydrogen (secondary N) is 1. The summed E-state index contributed by atoms with van der Waals surface area (Å²) >= 11 is 0. The van der Waals surface area contributed by atoms with Gasteiger partial charge in [0.05, 0.1) is 4.92 Å². The minimum absolute atomic E-state index is 0.141. The van der Waals surface area contributed by atoms with Gasteiger partial charge in [0.25, 0.3) is 5.89 Å². The van der Waals surface area contributed by atoms with Crippen molar-refractivity contribution >= 4 is 29.4 Å². The minimum Gasteiger partial charge on any atom is -0.334 e. The summed E-state index contributed by atoms with van der Waals surface area (Å²) in [6.07, 6.45) is 5.91. The molecule has 10 nitrogen and oxygen atoms in total. The van der Waals surface area contributed by atoms with Crippen LogP contribution in [0.15, 0.2) is 71.5 Å². The highest BCUT2D eigenvalue weighted by Gasteiger charge is 2.12. The fourth-order valence-corrected chi connectivity index (χ4v) is 2.74. The van der Waals surface area contributed by atoms with E-state index in [1.165, 1.54) is 10.9 Å².